The Kier molecular flexibility index (Phi) is 2.91. The van der Waals surface area contributed by atoms with Crippen molar-refractivity contribution in [3.63, 3.8) is 0 Å². The molecule has 1 aliphatic carbocycles. The second kappa shape index (κ2) is 3.54. The first kappa shape index (κ1) is 11.5. The molecular weight excluding hydrogens is 178 g/mol. The number of aliphatic carboxylic acids is 1. The highest BCUT2D eigenvalue weighted by molar-refractivity contribution is 5.79. The van der Waals surface area contributed by atoms with E-state index in [1.807, 2.05) is 13.8 Å². The predicted molar refractivity (Wildman–Crippen MR) is 56.3 cm³/mol. The Morgan fingerprint density at radius 1 is 1.36 bits per heavy atom. The van der Waals surface area contributed by atoms with Crippen LogP contribution in [0.3, 0.4) is 0 Å². The lowest BCUT2D eigenvalue weighted by Gasteiger charge is -2.29. The number of nitrogens with one attached hydrogen (secondary N) is 1. The number of carbonyl (C=O) groups is 1. The summed E-state index contributed by atoms with van der Waals surface area (Å²) in [7, 11) is 0. The highest BCUT2D eigenvalue weighted by Gasteiger charge is 2.48. The van der Waals surface area contributed by atoms with Gasteiger partial charge in [-0.2, -0.15) is 0 Å². The van der Waals surface area contributed by atoms with Crippen molar-refractivity contribution in [2.75, 3.05) is 0 Å². The van der Waals surface area contributed by atoms with E-state index in [1.54, 1.807) is 0 Å². The third-order valence-corrected chi connectivity index (χ3v) is 2.98. The van der Waals surface area contributed by atoms with Crippen LogP contribution in [0.25, 0.3) is 0 Å². The van der Waals surface area contributed by atoms with Gasteiger partial charge in [-0.05, 0) is 38.5 Å². The topological polar surface area (TPSA) is 49.3 Å². The molecular formula is C11H21NO2. The van der Waals surface area contributed by atoms with Gasteiger partial charge in [-0.1, -0.05) is 13.8 Å². The van der Waals surface area contributed by atoms with Gasteiger partial charge in [-0.3, -0.25) is 10.1 Å². The maximum absolute atomic E-state index is 11.3. The third kappa shape index (κ3) is 2.27. The highest BCUT2D eigenvalue weighted by Crippen LogP contribution is 2.43. The molecule has 1 saturated carbocycles. The van der Waals surface area contributed by atoms with Gasteiger partial charge in [0.1, 0.15) is 5.54 Å². The van der Waals surface area contributed by atoms with Crippen molar-refractivity contribution in [2.24, 2.45) is 5.41 Å². The summed E-state index contributed by atoms with van der Waals surface area (Å²) < 4.78 is 0. The number of carboxylic acid groups (broad SMARTS) is 1. The molecule has 0 amide bonds. The van der Waals surface area contributed by atoms with E-state index in [9.17, 15) is 9.90 Å². The molecule has 1 atom stereocenters. The largest absolute Gasteiger partial charge is 0.480 e. The van der Waals surface area contributed by atoms with Crippen LogP contribution in [-0.2, 0) is 4.79 Å². The maximum Gasteiger partial charge on any atom is 0.323 e. The normalized spacial score (nSPS) is 30.9. The fourth-order valence-corrected chi connectivity index (χ4v) is 2.47. The molecule has 1 unspecified atom stereocenters. The number of hydrogen-bond donors (Lipinski definition) is 2. The fraction of sp³-hybridized carbons (Fsp3) is 0.909. The molecule has 1 fully saturated rings. The summed E-state index contributed by atoms with van der Waals surface area (Å²) in [5, 5.41) is 12.5. The quantitative estimate of drug-likeness (QED) is 0.731. The van der Waals surface area contributed by atoms with Crippen LogP contribution in [0.5, 0.6) is 0 Å². The molecule has 0 aromatic carbocycles. The van der Waals surface area contributed by atoms with Gasteiger partial charge in [-0.25, -0.2) is 0 Å². The number of carboxylic acids is 1. The van der Waals surface area contributed by atoms with Crippen molar-refractivity contribution in [2.45, 2.75) is 58.5 Å². The van der Waals surface area contributed by atoms with E-state index in [1.165, 1.54) is 0 Å². The molecule has 3 nitrogen and oxygen atoms in total. The second-order valence-corrected chi connectivity index (χ2v) is 5.53. The average Bonchev–Trinajstić information content (AvgIpc) is 2.26. The van der Waals surface area contributed by atoms with Crippen molar-refractivity contribution in [1.82, 2.24) is 5.32 Å². The van der Waals surface area contributed by atoms with Crippen LogP contribution >= 0.6 is 0 Å². The van der Waals surface area contributed by atoms with Crippen LogP contribution in [0, 0.1) is 5.41 Å². The van der Waals surface area contributed by atoms with E-state index in [2.05, 4.69) is 19.2 Å². The Morgan fingerprint density at radius 2 is 1.93 bits per heavy atom. The molecule has 3 heteroatoms. The molecule has 0 heterocycles. The Bertz CT molecular complexity index is 235. The summed E-state index contributed by atoms with van der Waals surface area (Å²) in [5.41, 5.74) is -0.530. The maximum atomic E-state index is 11.3. The Hall–Kier alpha value is -0.570. The predicted octanol–water partition coefficient (Wildman–Crippen LogP) is 2.02. The zero-order chi connectivity index (χ0) is 11.0. The zero-order valence-electron chi connectivity index (χ0n) is 9.55. The SMILES string of the molecule is CC(C)NC1(C(=O)O)CCC(C)(C)C1. The molecule has 0 bridgehead atoms. The van der Waals surface area contributed by atoms with Gasteiger partial charge in [-0.15, -0.1) is 0 Å². The molecule has 82 valence electrons. The minimum Gasteiger partial charge on any atom is -0.480 e. The van der Waals surface area contributed by atoms with Gasteiger partial charge in [0.25, 0.3) is 0 Å². The van der Waals surface area contributed by atoms with E-state index >= 15 is 0 Å². The molecule has 2 N–H and O–H groups in total. The van der Waals surface area contributed by atoms with Gasteiger partial charge in [0, 0.05) is 6.04 Å². The van der Waals surface area contributed by atoms with Crippen LogP contribution in [0.15, 0.2) is 0 Å². The molecule has 0 aliphatic heterocycles. The monoisotopic (exact) mass is 199 g/mol. The summed E-state index contributed by atoms with van der Waals surface area (Å²) in [4.78, 5) is 11.3. The second-order valence-electron chi connectivity index (χ2n) is 5.53. The van der Waals surface area contributed by atoms with Gasteiger partial charge in [0.05, 0.1) is 0 Å². The van der Waals surface area contributed by atoms with Gasteiger partial charge in [0.2, 0.25) is 0 Å². The molecule has 14 heavy (non-hydrogen) atoms. The lowest BCUT2D eigenvalue weighted by molar-refractivity contribution is -0.145. The Balaban J connectivity index is 2.81. The van der Waals surface area contributed by atoms with Crippen LogP contribution in [0.2, 0.25) is 0 Å². The first-order chi connectivity index (χ1) is 6.27. The molecule has 0 aromatic rings. The first-order valence-corrected chi connectivity index (χ1v) is 5.29. The van der Waals surface area contributed by atoms with Crippen molar-refractivity contribution in [3.05, 3.63) is 0 Å². The fourth-order valence-electron chi connectivity index (χ4n) is 2.47. The standard InChI is InChI=1S/C11H21NO2/c1-8(2)12-11(9(13)14)6-5-10(3,4)7-11/h8,12H,5-7H2,1-4H3,(H,13,14). The van der Waals surface area contributed by atoms with Crippen LogP contribution in [0.1, 0.15) is 47.0 Å². The van der Waals surface area contributed by atoms with E-state index < -0.39 is 11.5 Å². The van der Waals surface area contributed by atoms with Gasteiger partial charge in [0.15, 0.2) is 0 Å². The number of hydrogen-bond acceptors (Lipinski definition) is 2. The smallest absolute Gasteiger partial charge is 0.323 e. The van der Waals surface area contributed by atoms with Crippen molar-refractivity contribution < 1.29 is 9.90 Å². The first-order valence-electron chi connectivity index (χ1n) is 5.29. The molecule has 0 spiro atoms. The van der Waals surface area contributed by atoms with Crippen molar-refractivity contribution in [3.8, 4) is 0 Å². The summed E-state index contributed by atoms with van der Waals surface area (Å²) in [5.74, 6) is -0.697. The van der Waals surface area contributed by atoms with E-state index in [0.717, 1.165) is 19.3 Å². The lowest BCUT2D eigenvalue weighted by Crippen LogP contribution is -2.53. The molecule has 0 aromatic heterocycles. The summed E-state index contributed by atoms with van der Waals surface area (Å²) >= 11 is 0. The van der Waals surface area contributed by atoms with Gasteiger partial charge < -0.3 is 5.11 Å². The molecule has 1 aliphatic rings. The molecule has 0 saturated heterocycles. The van der Waals surface area contributed by atoms with Crippen molar-refractivity contribution >= 4 is 5.97 Å². The molecule has 0 radical (unpaired) electrons. The third-order valence-electron chi connectivity index (χ3n) is 2.98. The van der Waals surface area contributed by atoms with Crippen LogP contribution in [0.4, 0.5) is 0 Å². The minimum atomic E-state index is -0.697. The van der Waals surface area contributed by atoms with Crippen LogP contribution < -0.4 is 5.32 Å². The summed E-state index contributed by atoms with van der Waals surface area (Å²) in [6, 6.07) is 0.222. The highest BCUT2D eigenvalue weighted by atomic mass is 16.4. The van der Waals surface area contributed by atoms with E-state index in [4.69, 9.17) is 0 Å². The van der Waals surface area contributed by atoms with Gasteiger partial charge >= 0.3 is 5.97 Å². The number of rotatable bonds is 3. The lowest BCUT2D eigenvalue weighted by atomic mass is 9.87. The van der Waals surface area contributed by atoms with E-state index in [-0.39, 0.29) is 11.5 Å². The Labute approximate surface area is 85.9 Å². The van der Waals surface area contributed by atoms with Crippen molar-refractivity contribution in [1.29, 1.82) is 0 Å². The average molecular weight is 199 g/mol. The minimum absolute atomic E-state index is 0.153. The Morgan fingerprint density at radius 3 is 2.21 bits per heavy atom. The zero-order valence-corrected chi connectivity index (χ0v) is 9.55. The molecule has 1 rings (SSSR count). The summed E-state index contributed by atoms with van der Waals surface area (Å²) in [6.45, 7) is 8.27. The van der Waals surface area contributed by atoms with E-state index in [0.29, 0.717) is 0 Å². The van der Waals surface area contributed by atoms with Crippen LogP contribution in [-0.4, -0.2) is 22.7 Å². The summed E-state index contributed by atoms with van der Waals surface area (Å²) in [6.07, 6.45) is 2.46.